The van der Waals surface area contributed by atoms with Crippen LogP contribution in [0.5, 0.6) is 0 Å². The molecule has 0 bridgehead atoms. The van der Waals surface area contributed by atoms with Crippen LogP contribution >= 0.6 is 15.9 Å². The monoisotopic (exact) mass is 353 g/mol. The number of nitrogens with zero attached hydrogens (tertiary/aromatic N) is 2. The number of amides is 1. The molecule has 1 amide bonds. The van der Waals surface area contributed by atoms with E-state index in [1.165, 1.54) is 30.1 Å². The second-order valence-corrected chi connectivity index (χ2v) is 4.69. The molecule has 112 valence electrons. The van der Waals surface area contributed by atoms with Crippen LogP contribution in [0, 0.1) is 0 Å². The summed E-state index contributed by atoms with van der Waals surface area (Å²) in [4.78, 5) is 24.0. The van der Waals surface area contributed by atoms with Gasteiger partial charge >= 0.3 is 5.97 Å². The lowest BCUT2D eigenvalue weighted by atomic mass is 10.2. The van der Waals surface area contributed by atoms with Gasteiger partial charge in [0, 0.05) is 6.54 Å². The number of carbonyl (C=O) groups excluding carboxylic acids is 2. The maximum Gasteiger partial charge on any atom is 0.339 e. The molecule has 0 radical (unpaired) electrons. The number of hydrogen-bond donors (Lipinski definition) is 1. The van der Waals surface area contributed by atoms with Crippen molar-refractivity contribution in [3.05, 3.63) is 52.9 Å². The third-order valence-corrected chi connectivity index (χ3v) is 3.24. The highest BCUT2D eigenvalue weighted by atomic mass is 79.9. The average Bonchev–Trinajstić information content (AvgIpc) is 2.87. The predicted octanol–water partition coefficient (Wildman–Crippen LogP) is 2.19. The smallest absolute Gasteiger partial charge is 0.339 e. The van der Waals surface area contributed by atoms with Crippen molar-refractivity contribution in [2.24, 2.45) is 0 Å². The van der Waals surface area contributed by atoms with Gasteiger partial charge in [0.15, 0.2) is 0 Å². The van der Waals surface area contributed by atoms with Crippen molar-refractivity contribution in [1.29, 1.82) is 0 Å². The lowest BCUT2D eigenvalue weighted by Crippen LogP contribution is -2.27. The molecular weight excluding hydrogens is 338 g/mol. The molecule has 6 nitrogen and oxygen atoms in total. The van der Waals surface area contributed by atoms with E-state index in [9.17, 15) is 9.59 Å². The molecular formula is C14H16BrN3O3. The van der Waals surface area contributed by atoms with E-state index in [0.29, 0.717) is 16.7 Å². The molecule has 1 N–H and O–H groups in total. The molecule has 0 atom stereocenters. The van der Waals surface area contributed by atoms with Crippen LogP contribution in [0.2, 0.25) is 0 Å². The van der Waals surface area contributed by atoms with Gasteiger partial charge in [0.05, 0.1) is 29.0 Å². The molecule has 1 aromatic heterocycles. The largest absolute Gasteiger partial charge is 0.465 e. The van der Waals surface area contributed by atoms with Crippen molar-refractivity contribution in [3.8, 4) is 0 Å². The van der Waals surface area contributed by atoms with E-state index in [-0.39, 0.29) is 11.3 Å². The Kier molecular flexibility index (Phi) is 6.10. The fourth-order valence-corrected chi connectivity index (χ4v) is 2.13. The van der Waals surface area contributed by atoms with E-state index in [4.69, 9.17) is 0 Å². The van der Waals surface area contributed by atoms with Gasteiger partial charge in [-0.3, -0.25) is 9.48 Å². The van der Waals surface area contributed by atoms with Crippen LogP contribution in [-0.4, -0.2) is 28.8 Å². The first-order valence-electron chi connectivity index (χ1n) is 6.10. The van der Waals surface area contributed by atoms with Gasteiger partial charge in [-0.15, -0.1) is 0 Å². The minimum atomic E-state index is -0.608. The summed E-state index contributed by atoms with van der Waals surface area (Å²) in [5, 5.41) is 6.67. The molecule has 0 saturated heterocycles. The summed E-state index contributed by atoms with van der Waals surface area (Å²) in [6.45, 7) is 9.52. The number of halogens is 1. The minimum absolute atomic E-state index is 0.125. The topological polar surface area (TPSA) is 73.2 Å². The molecule has 1 rings (SSSR count). The zero-order valence-electron chi connectivity index (χ0n) is 11.9. The standard InChI is InChI=1S/C14H16BrN3O3/c1-5-9(14(20)21-4)11(6-2)17-13(19)12-10(15)8-16-18(12)7-3/h5-6,8H,1-2,7H2,3-4H3,(H,17,19)/b11-9-. The molecule has 1 aromatic rings. The van der Waals surface area contributed by atoms with E-state index in [1.807, 2.05) is 6.92 Å². The zero-order valence-corrected chi connectivity index (χ0v) is 13.4. The van der Waals surface area contributed by atoms with Crippen LogP contribution in [0.1, 0.15) is 17.4 Å². The van der Waals surface area contributed by atoms with Crippen LogP contribution in [0.15, 0.2) is 47.2 Å². The van der Waals surface area contributed by atoms with Gasteiger partial charge in [0.2, 0.25) is 0 Å². The summed E-state index contributed by atoms with van der Waals surface area (Å²) in [5.74, 6) is -1.03. The van der Waals surface area contributed by atoms with E-state index in [0.717, 1.165) is 0 Å². The fourth-order valence-electron chi connectivity index (χ4n) is 1.65. The quantitative estimate of drug-likeness (QED) is 0.483. The summed E-state index contributed by atoms with van der Waals surface area (Å²) in [7, 11) is 1.25. The predicted molar refractivity (Wildman–Crippen MR) is 82.5 cm³/mol. The number of ether oxygens (including phenoxy) is 1. The van der Waals surface area contributed by atoms with E-state index >= 15 is 0 Å². The Balaban J connectivity index is 3.17. The number of rotatable bonds is 6. The third-order valence-electron chi connectivity index (χ3n) is 2.66. The molecule has 0 aliphatic rings. The molecule has 0 aromatic carbocycles. The zero-order chi connectivity index (χ0) is 16.0. The Labute approximate surface area is 131 Å². The number of aryl methyl sites for hydroxylation is 1. The first kappa shape index (κ1) is 16.9. The van der Waals surface area contributed by atoms with Gasteiger partial charge in [0.25, 0.3) is 5.91 Å². The van der Waals surface area contributed by atoms with Crippen molar-refractivity contribution in [3.63, 3.8) is 0 Å². The maximum absolute atomic E-state index is 12.3. The second kappa shape index (κ2) is 7.58. The lowest BCUT2D eigenvalue weighted by molar-refractivity contribution is -0.135. The number of esters is 1. The normalized spacial score (nSPS) is 11.4. The summed E-state index contributed by atoms with van der Waals surface area (Å²) in [6.07, 6.45) is 4.19. The van der Waals surface area contributed by atoms with Crippen molar-refractivity contribution in [2.45, 2.75) is 13.5 Å². The number of hydrogen-bond acceptors (Lipinski definition) is 4. The van der Waals surface area contributed by atoms with Gasteiger partial charge in [-0.25, -0.2) is 4.79 Å². The Bertz CT molecular complexity index is 617. The summed E-state index contributed by atoms with van der Waals surface area (Å²) in [6, 6.07) is 0. The van der Waals surface area contributed by atoms with Crippen LogP contribution < -0.4 is 5.32 Å². The van der Waals surface area contributed by atoms with Crippen molar-refractivity contribution in [2.75, 3.05) is 7.11 Å². The summed E-state index contributed by atoms with van der Waals surface area (Å²) < 4.78 is 6.73. The van der Waals surface area contributed by atoms with Gasteiger partial charge < -0.3 is 10.1 Å². The molecule has 0 unspecified atom stereocenters. The van der Waals surface area contributed by atoms with Crippen molar-refractivity contribution in [1.82, 2.24) is 15.1 Å². The number of nitrogens with one attached hydrogen (secondary N) is 1. The number of carbonyl (C=O) groups is 2. The molecule has 0 fully saturated rings. The van der Waals surface area contributed by atoms with Crippen LogP contribution in [0.4, 0.5) is 0 Å². The number of allylic oxidation sites excluding steroid dienone is 1. The van der Waals surface area contributed by atoms with Crippen molar-refractivity contribution >= 4 is 27.8 Å². The minimum Gasteiger partial charge on any atom is -0.465 e. The Hall–Kier alpha value is -2.15. The molecule has 1 heterocycles. The second-order valence-electron chi connectivity index (χ2n) is 3.84. The molecule has 0 aliphatic carbocycles. The van der Waals surface area contributed by atoms with Crippen LogP contribution in [0.25, 0.3) is 0 Å². The summed E-state index contributed by atoms with van der Waals surface area (Å²) >= 11 is 3.27. The highest BCUT2D eigenvalue weighted by molar-refractivity contribution is 9.10. The van der Waals surface area contributed by atoms with Gasteiger partial charge in [-0.2, -0.15) is 5.10 Å². The molecule has 21 heavy (non-hydrogen) atoms. The van der Waals surface area contributed by atoms with Gasteiger partial charge in [-0.05, 0) is 28.9 Å². The number of methoxy groups -OCH3 is 1. The highest BCUT2D eigenvalue weighted by Crippen LogP contribution is 2.17. The highest BCUT2D eigenvalue weighted by Gasteiger charge is 2.19. The van der Waals surface area contributed by atoms with Gasteiger partial charge in [0.1, 0.15) is 5.69 Å². The fraction of sp³-hybridized carbons (Fsp3) is 0.214. The summed E-state index contributed by atoms with van der Waals surface area (Å²) in [5.41, 5.74) is 0.697. The first-order chi connectivity index (χ1) is 9.99. The van der Waals surface area contributed by atoms with E-state index < -0.39 is 11.9 Å². The molecule has 7 heteroatoms. The maximum atomic E-state index is 12.3. The Morgan fingerprint density at radius 2 is 2.14 bits per heavy atom. The average molecular weight is 354 g/mol. The van der Waals surface area contributed by atoms with Crippen LogP contribution in [0.3, 0.4) is 0 Å². The molecule has 0 aliphatic heterocycles. The number of aromatic nitrogens is 2. The Morgan fingerprint density at radius 1 is 1.48 bits per heavy atom. The SMILES string of the molecule is C=C/C(NC(=O)c1c(Br)cnn1CC)=C(\C=C)C(=O)OC. The van der Waals surface area contributed by atoms with E-state index in [2.05, 4.69) is 44.2 Å². The van der Waals surface area contributed by atoms with Crippen LogP contribution in [-0.2, 0) is 16.1 Å². The third kappa shape index (κ3) is 3.69. The first-order valence-corrected chi connectivity index (χ1v) is 6.89. The van der Waals surface area contributed by atoms with E-state index in [1.54, 1.807) is 0 Å². The molecule has 0 spiro atoms. The lowest BCUT2D eigenvalue weighted by Gasteiger charge is -2.11. The van der Waals surface area contributed by atoms with Gasteiger partial charge in [-0.1, -0.05) is 19.2 Å². The Morgan fingerprint density at radius 3 is 2.62 bits per heavy atom. The van der Waals surface area contributed by atoms with Crippen molar-refractivity contribution < 1.29 is 14.3 Å². The molecule has 0 saturated carbocycles.